The van der Waals surface area contributed by atoms with Crippen LogP contribution in [0.15, 0.2) is 16.5 Å². The lowest BCUT2D eigenvalue weighted by Crippen LogP contribution is -2.44. The van der Waals surface area contributed by atoms with Crippen LogP contribution in [0.3, 0.4) is 0 Å². The first-order valence-electron chi connectivity index (χ1n) is 4.75. The molecule has 0 spiro atoms. The molecule has 0 bridgehead atoms. The minimum Gasteiger partial charge on any atom is -0.463 e. The molecule has 1 aromatic heterocycles. The van der Waals surface area contributed by atoms with Crippen molar-refractivity contribution in [1.29, 1.82) is 0 Å². The summed E-state index contributed by atoms with van der Waals surface area (Å²) in [6.45, 7) is 6.84. The van der Waals surface area contributed by atoms with Crippen LogP contribution >= 0.6 is 0 Å². The van der Waals surface area contributed by atoms with Gasteiger partial charge in [-0.3, -0.25) is 0 Å². The summed E-state index contributed by atoms with van der Waals surface area (Å²) in [5.74, 6) is 0. The Kier molecular flexibility index (Phi) is 3.15. The molecule has 0 saturated carbocycles. The zero-order valence-electron chi connectivity index (χ0n) is 8.18. The van der Waals surface area contributed by atoms with Crippen molar-refractivity contribution in [2.24, 2.45) is 0 Å². The zero-order valence-corrected chi connectivity index (χ0v) is 9.18. The highest BCUT2D eigenvalue weighted by Gasteiger charge is 2.31. The highest BCUT2D eigenvalue weighted by molar-refractivity contribution is 6.90. The van der Waals surface area contributed by atoms with Crippen LogP contribution in [-0.2, 0) is 0 Å². The first kappa shape index (κ1) is 9.58. The van der Waals surface area contributed by atoms with Gasteiger partial charge in [0.1, 0.15) is 8.07 Å². The average molecular weight is 181 g/mol. The Hall–Kier alpha value is -0.503. The van der Waals surface area contributed by atoms with E-state index in [2.05, 4.69) is 33.1 Å². The first-order chi connectivity index (χ1) is 5.79. The fourth-order valence-corrected chi connectivity index (χ4v) is 5.06. The van der Waals surface area contributed by atoms with E-state index in [-0.39, 0.29) is 0 Å². The van der Waals surface area contributed by atoms with Crippen molar-refractivity contribution in [2.75, 3.05) is 0 Å². The van der Waals surface area contributed by atoms with Gasteiger partial charge in [0.25, 0.3) is 0 Å². The summed E-state index contributed by atoms with van der Waals surface area (Å²) >= 11 is 0. The molecule has 0 aromatic carbocycles. The maximum atomic E-state index is 5.41. The molecule has 1 aromatic rings. The van der Waals surface area contributed by atoms with E-state index < -0.39 is 8.07 Å². The topological polar surface area (TPSA) is 13.1 Å². The summed E-state index contributed by atoms with van der Waals surface area (Å²) in [5, 5.41) is 1.23. The Labute approximate surface area is 75.8 Å². The molecule has 0 amide bonds. The van der Waals surface area contributed by atoms with Crippen molar-refractivity contribution >= 4 is 13.5 Å². The highest BCUT2D eigenvalue weighted by atomic mass is 28.3. The lowest BCUT2D eigenvalue weighted by molar-refractivity contribution is 0.586. The molecule has 0 saturated heterocycles. The van der Waals surface area contributed by atoms with Gasteiger partial charge in [0, 0.05) is 0 Å². The smallest absolute Gasteiger partial charge is 0.168 e. The second-order valence-electron chi connectivity index (χ2n) is 3.26. The van der Waals surface area contributed by atoms with E-state index in [1.54, 1.807) is 0 Å². The zero-order chi connectivity index (χ0) is 9.03. The highest BCUT2D eigenvalue weighted by Crippen LogP contribution is 2.19. The van der Waals surface area contributed by atoms with Gasteiger partial charge in [-0.05, 0) is 12.1 Å². The van der Waals surface area contributed by atoms with Crippen molar-refractivity contribution in [3.63, 3.8) is 0 Å². The average Bonchev–Trinajstić information content (AvgIpc) is 2.62. The van der Waals surface area contributed by atoms with Crippen molar-refractivity contribution in [2.45, 2.75) is 38.9 Å². The molecule has 1 radical (unpaired) electrons. The van der Waals surface area contributed by atoms with Crippen LogP contribution in [0.25, 0.3) is 0 Å². The molecule has 0 atom stereocenters. The van der Waals surface area contributed by atoms with E-state index >= 15 is 0 Å². The van der Waals surface area contributed by atoms with Gasteiger partial charge in [0.15, 0.2) is 6.26 Å². The van der Waals surface area contributed by atoms with Crippen LogP contribution in [0.4, 0.5) is 0 Å². The Morgan fingerprint density at radius 2 is 1.83 bits per heavy atom. The fourth-order valence-electron chi connectivity index (χ4n) is 1.80. The molecule has 0 aliphatic rings. The molecule has 1 heterocycles. The maximum absolute atomic E-state index is 5.41. The lowest BCUT2D eigenvalue weighted by Gasteiger charge is -2.24. The standard InChI is InChI=1S/C10H17OSi/c1-4-12(5-2,6-3)10-8-7-9-11-10/h7-8H,4-6H2,1-3H3. The van der Waals surface area contributed by atoms with Gasteiger partial charge >= 0.3 is 0 Å². The molecule has 1 rings (SSSR count). The largest absolute Gasteiger partial charge is 0.463 e. The third-order valence-electron chi connectivity index (χ3n) is 3.02. The van der Waals surface area contributed by atoms with E-state index in [4.69, 9.17) is 4.42 Å². The molecule has 12 heavy (non-hydrogen) atoms. The Morgan fingerprint density at radius 1 is 1.25 bits per heavy atom. The van der Waals surface area contributed by atoms with Gasteiger partial charge in [0.05, 0.1) is 5.38 Å². The molecule has 67 valence electrons. The second-order valence-corrected chi connectivity index (χ2v) is 8.43. The van der Waals surface area contributed by atoms with E-state index in [0.29, 0.717) is 0 Å². The Bertz CT molecular complexity index is 203. The third kappa shape index (κ3) is 1.48. The van der Waals surface area contributed by atoms with Crippen LogP contribution < -0.4 is 5.38 Å². The minimum absolute atomic E-state index is 1.23. The van der Waals surface area contributed by atoms with Gasteiger partial charge in [-0.15, -0.1) is 0 Å². The van der Waals surface area contributed by atoms with Crippen LogP contribution in [0.1, 0.15) is 20.8 Å². The monoisotopic (exact) mass is 181 g/mol. The lowest BCUT2D eigenvalue weighted by atomic mass is 10.7. The Balaban J connectivity index is 2.93. The number of hydrogen-bond acceptors (Lipinski definition) is 1. The normalized spacial score (nSPS) is 11.9. The summed E-state index contributed by atoms with van der Waals surface area (Å²) in [6, 6.07) is 7.82. The van der Waals surface area contributed by atoms with Gasteiger partial charge in [-0.2, -0.15) is 0 Å². The summed E-state index contributed by atoms with van der Waals surface area (Å²) in [5.41, 5.74) is 0. The third-order valence-corrected chi connectivity index (χ3v) is 8.40. The number of rotatable bonds is 4. The van der Waals surface area contributed by atoms with Crippen molar-refractivity contribution < 1.29 is 4.42 Å². The molecule has 0 N–H and O–H groups in total. The predicted octanol–water partition coefficient (Wildman–Crippen LogP) is 2.80. The number of hydrogen-bond donors (Lipinski definition) is 0. The molecular formula is C10H17OSi. The molecule has 1 nitrogen and oxygen atoms in total. The van der Waals surface area contributed by atoms with E-state index in [1.165, 1.54) is 23.5 Å². The van der Waals surface area contributed by atoms with Gasteiger partial charge in [0.2, 0.25) is 0 Å². The Morgan fingerprint density at radius 3 is 2.17 bits per heavy atom. The maximum Gasteiger partial charge on any atom is 0.168 e. The van der Waals surface area contributed by atoms with Crippen LogP contribution in [0, 0.1) is 6.26 Å². The summed E-state index contributed by atoms with van der Waals surface area (Å²) in [7, 11) is -1.24. The molecule has 2 heteroatoms. The summed E-state index contributed by atoms with van der Waals surface area (Å²) in [6.07, 6.45) is 2.80. The van der Waals surface area contributed by atoms with Crippen LogP contribution in [-0.4, -0.2) is 8.07 Å². The summed E-state index contributed by atoms with van der Waals surface area (Å²) < 4.78 is 5.41. The van der Waals surface area contributed by atoms with Crippen LogP contribution in [0.2, 0.25) is 18.1 Å². The van der Waals surface area contributed by atoms with Crippen molar-refractivity contribution in [3.05, 3.63) is 18.4 Å². The molecule has 0 fully saturated rings. The molecule has 0 unspecified atom stereocenters. The van der Waals surface area contributed by atoms with Gasteiger partial charge in [-0.1, -0.05) is 38.9 Å². The van der Waals surface area contributed by atoms with E-state index in [9.17, 15) is 0 Å². The fraction of sp³-hybridized carbons (Fsp3) is 0.600. The predicted molar refractivity (Wildman–Crippen MR) is 54.4 cm³/mol. The van der Waals surface area contributed by atoms with Crippen molar-refractivity contribution in [3.8, 4) is 0 Å². The second kappa shape index (κ2) is 3.94. The van der Waals surface area contributed by atoms with Gasteiger partial charge < -0.3 is 4.42 Å². The first-order valence-corrected chi connectivity index (χ1v) is 7.37. The summed E-state index contributed by atoms with van der Waals surface area (Å²) in [4.78, 5) is 0. The number of furan rings is 1. The molecular weight excluding hydrogens is 164 g/mol. The van der Waals surface area contributed by atoms with E-state index in [0.717, 1.165) is 0 Å². The molecule has 0 aliphatic carbocycles. The quantitative estimate of drug-likeness (QED) is 0.651. The minimum atomic E-state index is -1.24. The molecule has 0 aliphatic heterocycles. The van der Waals surface area contributed by atoms with Gasteiger partial charge in [-0.25, -0.2) is 0 Å². The SMILES string of the molecule is CC[Si](CC)(CC)c1cc[c]o1. The van der Waals surface area contributed by atoms with E-state index in [1.807, 2.05) is 6.07 Å². The van der Waals surface area contributed by atoms with Crippen LogP contribution in [0.5, 0.6) is 0 Å². The van der Waals surface area contributed by atoms with Crippen molar-refractivity contribution in [1.82, 2.24) is 0 Å².